The largest absolute Gasteiger partial charge is 0.407 e. The summed E-state index contributed by atoms with van der Waals surface area (Å²) in [4.78, 5) is 2.16. The molecule has 2 nitrogen and oxygen atoms in total. The molecule has 3 rings (SSSR count). The van der Waals surface area contributed by atoms with Gasteiger partial charge in [0.25, 0.3) is 0 Å². The topological polar surface area (TPSA) is 12.5 Å². The number of rotatable bonds is 2. The Kier molecular flexibility index (Phi) is 3.97. The van der Waals surface area contributed by atoms with Crippen molar-refractivity contribution < 1.29 is 4.74 Å². The van der Waals surface area contributed by atoms with Gasteiger partial charge in [0.05, 0.1) is 47.1 Å². The van der Waals surface area contributed by atoms with Crippen LogP contribution >= 0.6 is 0 Å². The summed E-state index contributed by atoms with van der Waals surface area (Å²) >= 11 is 0. The van der Waals surface area contributed by atoms with Gasteiger partial charge in [-0.15, -0.1) is 0 Å². The van der Waals surface area contributed by atoms with E-state index in [9.17, 15) is 0 Å². The first-order valence-corrected chi connectivity index (χ1v) is 7.77. The molecule has 0 aromatic heterocycles. The lowest BCUT2D eigenvalue weighted by molar-refractivity contribution is -0.0525. The highest BCUT2D eigenvalue weighted by Crippen LogP contribution is 2.44. The predicted octanol–water partition coefficient (Wildman–Crippen LogP) is -0.883. The summed E-state index contributed by atoms with van der Waals surface area (Å²) in [5, 5.41) is -3.81. The van der Waals surface area contributed by atoms with Crippen LogP contribution in [0, 0.1) is 17.8 Å². The first-order valence-electron chi connectivity index (χ1n) is 7.77. The monoisotopic (exact) mass is 269 g/mol. The third-order valence-corrected chi connectivity index (χ3v) is 5.44. The van der Waals surface area contributed by atoms with E-state index >= 15 is 0 Å². The van der Waals surface area contributed by atoms with Gasteiger partial charge in [-0.3, -0.25) is 0 Å². The summed E-state index contributed by atoms with van der Waals surface area (Å²) < 4.78 is 5.31. The minimum Gasteiger partial charge on any atom is -0.407 e. The zero-order chi connectivity index (χ0) is 15.5. The fourth-order valence-electron chi connectivity index (χ4n) is 4.42. The summed E-state index contributed by atoms with van der Waals surface area (Å²) in [5.41, 5.74) is 0. The van der Waals surface area contributed by atoms with Gasteiger partial charge >= 0.3 is 0 Å². The molecule has 0 aromatic rings. The SMILES string of the molecule is [B]C1([B])CC(C([B])([B])N2CC3CCCC3C2)CC([B])([B])O1. The van der Waals surface area contributed by atoms with Gasteiger partial charge in [0.2, 0.25) is 0 Å². The van der Waals surface area contributed by atoms with Crippen molar-refractivity contribution in [3.05, 3.63) is 0 Å². The Morgan fingerprint density at radius 2 is 1.38 bits per heavy atom. The number of hydrogen-bond donors (Lipinski definition) is 0. The maximum Gasteiger partial charge on any atom is 0.0992 e. The predicted molar refractivity (Wildman–Crippen MR) is 88.9 cm³/mol. The van der Waals surface area contributed by atoms with Crippen molar-refractivity contribution in [2.45, 2.75) is 48.2 Å². The summed E-state index contributed by atoms with van der Waals surface area (Å²) in [5.74, 6) is 1.20. The second-order valence-corrected chi connectivity index (χ2v) is 7.36. The van der Waals surface area contributed by atoms with Gasteiger partial charge in [0.15, 0.2) is 0 Å². The Morgan fingerprint density at radius 1 is 0.905 bits per heavy atom. The van der Waals surface area contributed by atoms with Crippen LogP contribution < -0.4 is 0 Å². The van der Waals surface area contributed by atoms with E-state index in [1.807, 2.05) is 0 Å². The maximum atomic E-state index is 6.47. The van der Waals surface area contributed by atoms with E-state index < -0.39 is 16.1 Å². The van der Waals surface area contributed by atoms with E-state index in [2.05, 4.69) is 4.90 Å². The third kappa shape index (κ3) is 3.17. The number of fused-ring (bicyclic) bond motifs is 1. The van der Waals surface area contributed by atoms with Crippen LogP contribution in [-0.4, -0.2) is 81.2 Å². The molecule has 0 amide bonds. The fraction of sp³-hybridized carbons (Fsp3) is 1.00. The number of hydrogen-bond acceptors (Lipinski definition) is 2. The zero-order valence-corrected chi connectivity index (χ0v) is 12.5. The Morgan fingerprint density at radius 3 is 1.86 bits per heavy atom. The molecule has 3 aliphatic rings. The van der Waals surface area contributed by atoms with Crippen molar-refractivity contribution in [2.75, 3.05) is 13.1 Å². The van der Waals surface area contributed by atoms with Crippen LogP contribution in [0.1, 0.15) is 32.1 Å². The Bertz CT molecular complexity index is 387. The van der Waals surface area contributed by atoms with Crippen molar-refractivity contribution >= 4 is 47.1 Å². The standard InChI is InChI=1S/C13H17B6NO/c14-11(15)4-10(5-12(16,17)21-11)13(18,19)20-6-8-2-1-3-9(8)7-20/h8-10H,1-7H2. The molecule has 3 fully saturated rings. The highest BCUT2D eigenvalue weighted by atomic mass is 16.5. The summed E-state index contributed by atoms with van der Waals surface area (Å²) in [6.45, 7) is 1.86. The number of nitrogens with zero attached hydrogens (tertiary/aromatic N) is 1. The lowest BCUT2D eigenvalue weighted by Gasteiger charge is -2.55. The first kappa shape index (κ1) is 16.2. The molecular formula is C13H17B6NO. The quantitative estimate of drug-likeness (QED) is 0.603. The first-order chi connectivity index (χ1) is 9.59. The summed E-state index contributed by atoms with van der Waals surface area (Å²) in [6, 6.07) is 0. The van der Waals surface area contributed by atoms with Crippen molar-refractivity contribution in [2.24, 2.45) is 17.8 Å². The van der Waals surface area contributed by atoms with Crippen LogP contribution in [0.5, 0.6) is 0 Å². The minimum absolute atomic E-state index is 0.213. The van der Waals surface area contributed by atoms with Gasteiger partial charge < -0.3 is 9.64 Å². The molecule has 2 aliphatic heterocycles. The van der Waals surface area contributed by atoms with Crippen molar-refractivity contribution in [3.8, 4) is 0 Å². The molecule has 0 bridgehead atoms. The smallest absolute Gasteiger partial charge is 0.0992 e. The molecule has 0 aromatic carbocycles. The van der Waals surface area contributed by atoms with Gasteiger partial charge in [0.1, 0.15) is 0 Å². The summed E-state index contributed by atoms with van der Waals surface area (Å²) in [6.07, 6.45) is 4.51. The molecule has 1 saturated carbocycles. The van der Waals surface area contributed by atoms with E-state index in [1.165, 1.54) is 19.3 Å². The molecular weight excluding hydrogens is 251 g/mol. The molecule has 1 aliphatic carbocycles. The van der Waals surface area contributed by atoms with E-state index in [4.69, 9.17) is 51.8 Å². The molecule has 21 heavy (non-hydrogen) atoms. The fourth-order valence-corrected chi connectivity index (χ4v) is 4.42. The van der Waals surface area contributed by atoms with Gasteiger partial charge in [-0.25, -0.2) is 0 Å². The summed E-state index contributed by atoms with van der Waals surface area (Å²) in [7, 11) is 36.5. The van der Waals surface area contributed by atoms with Gasteiger partial charge in [-0.1, -0.05) is 11.8 Å². The molecule has 12 radical (unpaired) electrons. The van der Waals surface area contributed by atoms with Gasteiger partial charge in [0, 0.05) is 13.1 Å². The maximum absolute atomic E-state index is 6.47. The lowest BCUT2D eigenvalue weighted by atomic mass is 9.43. The molecule has 2 saturated heterocycles. The zero-order valence-electron chi connectivity index (χ0n) is 12.5. The molecule has 2 heterocycles. The third-order valence-electron chi connectivity index (χ3n) is 5.44. The normalized spacial score (nSPS) is 36.6. The molecule has 2 unspecified atom stereocenters. The average Bonchev–Trinajstić information content (AvgIpc) is 2.83. The van der Waals surface area contributed by atoms with Crippen LogP contribution in [0.2, 0.25) is 0 Å². The highest BCUT2D eigenvalue weighted by molar-refractivity contribution is 6.44. The van der Waals surface area contributed by atoms with Crippen molar-refractivity contribution in [1.82, 2.24) is 4.90 Å². The molecule has 0 N–H and O–H groups in total. The van der Waals surface area contributed by atoms with Crippen LogP contribution in [0.3, 0.4) is 0 Å². The van der Waals surface area contributed by atoms with E-state index in [1.54, 1.807) is 0 Å². The van der Waals surface area contributed by atoms with Crippen LogP contribution in [-0.2, 0) is 4.74 Å². The Labute approximate surface area is 136 Å². The second-order valence-electron chi connectivity index (χ2n) is 7.36. The highest BCUT2D eigenvalue weighted by Gasteiger charge is 2.48. The van der Waals surface area contributed by atoms with Crippen molar-refractivity contribution in [3.63, 3.8) is 0 Å². The lowest BCUT2D eigenvalue weighted by Crippen LogP contribution is -2.63. The number of ether oxygens (including phenoxy) is 1. The average molecular weight is 268 g/mol. The van der Waals surface area contributed by atoms with Crippen molar-refractivity contribution in [1.29, 1.82) is 0 Å². The van der Waals surface area contributed by atoms with Crippen LogP contribution in [0.15, 0.2) is 0 Å². The van der Waals surface area contributed by atoms with Gasteiger partial charge in [-0.2, -0.15) is 0 Å². The molecule has 2 atom stereocenters. The van der Waals surface area contributed by atoms with E-state index in [-0.39, 0.29) is 5.92 Å². The van der Waals surface area contributed by atoms with E-state index in [0.29, 0.717) is 24.7 Å². The Balaban J connectivity index is 1.75. The Hall–Kier alpha value is 0.310. The molecule has 0 spiro atoms. The second kappa shape index (κ2) is 5.16. The molecule has 8 heteroatoms. The molecule has 98 valence electrons. The van der Waals surface area contributed by atoms with E-state index in [0.717, 1.165) is 13.1 Å². The van der Waals surface area contributed by atoms with Crippen LogP contribution in [0.4, 0.5) is 0 Å². The van der Waals surface area contributed by atoms with Crippen LogP contribution in [0.25, 0.3) is 0 Å². The van der Waals surface area contributed by atoms with Gasteiger partial charge in [-0.05, 0) is 54.2 Å². The number of likely N-dealkylation sites (tertiary alicyclic amines) is 1. The minimum atomic E-state index is -1.40.